The topological polar surface area (TPSA) is 71.4 Å². The molecule has 0 aromatic carbocycles. The summed E-state index contributed by atoms with van der Waals surface area (Å²) in [6.07, 6.45) is 3.52. The summed E-state index contributed by atoms with van der Waals surface area (Å²) >= 11 is 0. The van der Waals surface area contributed by atoms with Gasteiger partial charge in [-0.1, -0.05) is 0 Å². The highest BCUT2D eigenvalue weighted by atomic mass is 15.3. The van der Waals surface area contributed by atoms with E-state index in [2.05, 4.69) is 25.5 Å². The van der Waals surface area contributed by atoms with Crippen molar-refractivity contribution in [3.8, 4) is 0 Å². The quantitative estimate of drug-likeness (QED) is 0.746. The fourth-order valence-corrected chi connectivity index (χ4v) is 1.34. The predicted molar refractivity (Wildman–Crippen MR) is 54.9 cm³/mol. The van der Waals surface area contributed by atoms with E-state index in [-0.39, 0.29) is 0 Å². The Morgan fingerprint density at radius 3 is 2.93 bits per heavy atom. The van der Waals surface area contributed by atoms with Crippen LogP contribution in [0.3, 0.4) is 0 Å². The highest BCUT2D eigenvalue weighted by Crippen LogP contribution is 1.96. The molecule has 0 bridgehead atoms. The Morgan fingerprint density at radius 1 is 1.47 bits per heavy atom. The number of aromatic nitrogens is 5. The number of imidazole rings is 1. The number of hydrogen-bond acceptors (Lipinski definition) is 4. The summed E-state index contributed by atoms with van der Waals surface area (Å²) in [6, 6.07) is 0. The lowest BCUT2D eigenvalue weighted by molar-refractivity contribution is 0.630. The van der Waals surface area contributed by atoms with Gasteiger partial charge in [-0.15, -0.1) is 10.2 Å². The van der Waals surface area contributed by atoms with Crippen LogP contribution in [0.15, 0.2) is 12.5 Å². The highest BCUT2D eigenvalue weighted by Gasteiger charge is 2.00. The molecule has 0 saturated heterocycles. The van der Waals surface area contributed by atoms with E-state index in [1.807, 2.05) is 24.7 Å². The molecule has 6 nitrogen and oxygen atoms in total. The SMILES string of the molecule is Cc1ncc(CNCc2nncn2C)[nH]1. The monoisotopic (exact) mass is 206 g/mol. The number of hydrogen-bond donors (Lipinski definition) is 2. The van der Waals surface area contributed by atoms with Gasteiger partial charge in [0, 0.05) is 25.5 Å². The molecule has 2 aromatic heterocycles. The molecule has 0 amide bonds. The number of nitrogens with one attached hydrogen (secondary N) is 2. The first-order valence-electron chi connectivity index (χ1n) is 4.80. The zero-order chi connectivity index (χ0) is 10.7. The van der Waals surface area contributed by atoms with Crippen molar-refractivity contribution in [3.63, 3.8) is 0 Å². The molecule has 0 spiro atoms. The number of aromatic amines is 1. The summed E-state index contributed by atoms with van der Waals surface area (Å²) < 4.78 is 1.89. The first kappa shape index (κ1) is 9.85. The molecule has 0 aliphatic carbocycles. The van der Waals surface area contributed by atoms with Gasteiger partial charge in [0.15, 0.2) is 0 Å². The molecular weight excluding hydrogens is 192 g/mol. The smallest absolute Gasteiger partial charge is 0.146 e. The third kappa shape index (κ3) is 2.41. The molecule has 0 saturated carbocycles. The van der Waals surface area contributed by atoms with Crippen molar-refractivity contribution >= 4 is 0 Å². The molecule has 6 heteroatoms. The predicted octanol–water partition coefficient (Wildman–Crippen LogP) is 0.136. The van der Waals surface area contributed by atoms with Gasteiger partial charge >= 0.3 is 0 Å². The van der Waals surface area contributed by atoms with E-state index in [9.17, 15) is 0 Å². The lowest BCUT2D eigenvalue weighted by Gasteiger charge is -2.01. The van der Waals surface area contributed by atoms with Crippen LogP contribution in [0.4, 0.5) is 0 Å². The van der Waals surface area contributed by atoms with E-state index in [0.29, 0.717) is 6.54 Å². The van der Waals surface area contributed by atoms with Crippen molar-refractivity contribution in [1.29, 1.82) is 0 Å². The van der Waals surface area contributed by atoms with Crippen LogP contribution >= 0.6 is 0 Å². The summed E-state index contributed by atoms with van der Waals surface area (Å²) in [5.41, 5.74) is 1.08. The van der Waals surface area contributed by atoms with Gasteiger partial charge in [-0.05, 0) is 6.92 Å². The molecule has 2 heterocycles. The van der Waals surface area contributed by atoms with Gasteiger partial charge < -0.3 is 14.9 Å². The van der Waals surface area contributed by atoms with E-state index >= 15 is 0 Å². The lowest BCUT2D eigenvalue weighted by Crippen LogP contribution is -2.15. The van der Waals surface area contributed by atoms with Crippen molar-refractivity contribution in [1.82, 2.24) is 30.0 Å². The zero-order valence-electron chi connectivity index (χ0n) is 8.86. The van der Waals surface area contributed by atoms with Gasteiger partial charge in [-0.3, -0.25) is 0 Å². The van der Waals surface area contributed by atoms with Crippen molar-refractivity contribution in [3.05, 3.63) is 29.9 Å². The maximum Gasteiger partial charge on any atom is 0.146 e. The minimum absolute atomic E-state index is 0.703. The number of nitrogens with zero attached hydrogens (tertiary/aromatic N) is 4. The van der Waals surface area contributed by atoms with Crippen LogP contribution in [0.5, 0.6) is 0 Å². The van der Waals surface area contributed by atoms with Crippen molar-refractivity contribution in [2.24, 2.45) is 7.05 Å². The standard InChI is InChI=1S/C9H14N6/c1-7-11-4-8(13-7)3-10-5-9-14-12-6-15(9)2/h4,6,10H,3,5H2,1-2H3,(H,11,13). The Hall–Kier alpha value is -1.69. The Bertz CT molecular complexity index is 429. The largest absolute Gasteiger partial charge is 0.345 e. The normalized spacial score (nSPS) is 10.8. The van der Waals surface area contributed by atoms with E-state index in [0.717, 1.165) is 23.9 Å². The Balaban J connectivity index is 1.83. The Kier molecular flexibility index (Phi) is 2.77. The number of aryl methyl sites for hydroxylation is 2. The van der Waals surface area contributed by atoms with Crippen LogP contribution in [0.1, 0.15) is 17.3 Å². The fourth-order valence-electron chi connectivity index (χ4n) is 1.34. The molecule has 0 radical (unpaired) electrons. The third-order valence-electron chi connectivity index (χ3n) is 2.16. The summed E-state index contributed by atoms with van der Waals surface area (Å²) in [6.45, 7) is 3.40. The molecule has 0 fully saturated rings. The van der Waals surface area contributed by atoms with E-state index < -0.39 is 0 Å². The summed E-state index contributed by atoms with van der Waals surface area (Å²) in [5, 5.41) is 11.0. The number of rotatable bonds is 4. The molecule has 0 aliphatic rings. The second-order valence-corrected chi connectivity index (χ2v) is 3.46. The van der Waals surface area contributed by atoms with Crippen molar-refractivity contribution in [2.45, 2.75) is 20.0 Å². The van der Waals surface area contributed by atoms with Gasteiger partial charge in [0.1, 0.15) is 18.0 Å². The fraction of sp³-hybridized carbons (Fsp3) is 0.444. The van der Waals surface area contributed by atoms with Crippen LogP contribution in [0, 0.1) is 6.92 Å². The molecule has 0 unspecified atom stereocenters. The molecular formula is C9H14N6. The van der Waals surface area contributed by atoms with Crippen LogP contribution in [-0.4, -0.2) is 24.7 Å². The van der Waals surface area contributed by atoms with Gasteiger partial charge in [0.25, 0.3) is 0 Å². The maximum absolute atomic E-state index is 4.12. The molecule has 2 aromatic rings. The van der Waals surface area contributed by atoms with Gasteiger partial charge in [-0.2, -0.15) is 0 Å². The summed E-state index contributed by atoms with van der Waals surface area (Å²) in [5.74, 6) is 1.86. The first-order chi connectivity index (χ1) is 7.25. The average Bonchev–Trinajstić information content (AvgIpc) is 2.77. The minimum Gasteiger partial charge on any atom is -0.345 e. The molecule has 2 N–H and O–H groups in total. The van der Waals surface area contributed by atoms with E-state index in [1.165, 1.54) is 0 Å². The zero-order valence-corrected chi connectivity index (χ0v) is 8.86. The third-order valence-corrected chi connectivity index (χ3v) is 2.16. The second-order valence-electron chi connectivity index (χ2n) is 3.46. The van der Waals surface area contributed by atoms with Crippen LogP contribution in [0.25, 0.3) is 0 Å². The molecule has 15 heavy (non-hydrogen) atoms. The molecule has 80 valence electrons. The average molecular weight is 206 g/mol. The molecule has 0 atom stereocenters. The van der Waals surface area contributed by atoms with Gasteiger partial charge in [-0.25, -0.2) is 4.98 Å². The van der Waals surface area contributed by atoms with E-state index in [4.69, 9.17) is 0 Å². The van der Waals surface area contributed by atoms with Crippen LogP contribution < -0.4 is 5.32 Å². The second kappa shape index (κ2) is 4.22. The number of H-pyrrole nitrogens is 1. The maximum atomic E-state index is 4.12. The molecule has 0 aliphatic heterocycles. The van der Waals surface area contributed by atoms with Crippen molar-refractivity contribution in [2.75, 3.05) is 0 Å². The van der Waals surface area contributed by atoms with E-state index in [1.54, 1.807) is 6.33 Å². The van der Waals surface area contributed by atoms with Crippen LogP contribution in [0.2, 0.25) is 0 Å². The Morgan fingerprint density at radius 2 is 2.33 bits per heavy atom. The van der Waals surface area contributed by atoms with Gasteiger partial charge in [0.05, 0.1) is 6.54 Å². The van der Waals surface area contributed by atoms with Crippen LogP contribution in [-0.2, 0) is 20.1 Å². The molecule has 2 rings (SSSR count). The lowest BCUT2D eigenvalue weighted by atomic mass is 10.4. The minimum atomic E-state index is 0.703. The van der Waals surface area contributed by atoms with Gasteiger partial charge in [0.2, 0.25) is 0 Å². The van der Waals surface area contributed by atoms with Crippen molar-refractivity contribution < 1.29 is 0 Å². The first-order valence-corrected chi connectivity index (χ1v) is 4.80. The highest BCUT2D eigenvalue weighted by molar-refractivity contribution is 4.99. The Labute approximate surface area is 87.8 Å². The summed E-state index contributed by atoms with van der Waals surface area (Å²) in [4.78, 5) is 7.28. The summed E-state index contributed by atoms with van der Waals surface area (Å²) in [7, 11) is 1.93.